The number of piperidine rings is 2. The van der Waals surface area contributed by atoms with Gasteiger partial charge in [0.1, 0.15) is 45.6 Å². The third-order valence-electron chi connectivity index (χ3n) is 17.6. The van der Waals surface area contributed by atoms with Crippen molar-refractivity contribution >= 4 is 57.3 Å². The van der Waals surface area contributed by atoms with E-state index in [0.29, 0.717) is 70.4 Å². The predicted octanol–water partition coefficient (Wildman–Crippen LogP) is 13.5. The molecule has 12 rings (SSSR count). The van der Waals surface area contributed by atoms with Crippen molar-refractivity contribution in [2.45, 2.75) is 63.5 Å². The molecule has 0 spiro atoms. The minimum Gasteiger partial charge on any atom is -0.496 e. The van der Waals surface area contributed by atoms with E-state index in [0.717, 1.165) is 112 Å². The molecule has 0 bridgehead atoms. The van der Waals surface area contributed by atoms with Gasteiger partial charge in [0, 0.05) is 60.1 Å². The van der Waals surface area contributed by atoms with Gasteiger partial charge < -0.3 is 49.3 Å². The van der Waals surface area contributed by atoms with E-state index in [1.165, 1.54) is 56.3 Å². The zero-order chi connectivity index (χ0) is 64.0. The molecule has 16 nitrogen and oxygen atoms in total. The molecule has 4 aliphatic rings. The Kier molecular flexibility index (Phi) is 21.6. The number of anilines is 4. The normalized spacial score (nSPS) is 14.8. The molecule has 0 radical (unpaired) electrons. The van der Waals surface area contributed by atoms with Crippen LogP contribution in [0.15, 0.2) is 170 Å². The van der Waals surface area contributed by atoms with Crippen LogP contribution in [0.25, 0.3) is 0 Å². The highest BCUT2D eigenvalue weighted by Crippen LogP contribution is 2.39. The number of rotatable bonds is 17. The molecule has 0 unspecified atom stereocenters. The van der Waals surface area contributed by atoms with Gasteiger partial charge in [-0.1, -0.05) is 84.9 Å². The number of amides is 3. The van der Waals surface area contributed by atoms with Gasteiger partial charge in [-0.25, -0.2) is 0 Å². The Morgan fingerprint density at radius 2 is 0.835 bits per heavy atom. The Morgan fingerprint density at radius 1 is 0.451 bits per heavy atom. The first kappa shape index (κ1) is 64.6. The maximum absolute atomic E-state index is 13.6. The van der Waals surface area contributed by atoms with Crippen molar-refractivity contribution in [3.63, 3.8) is 0 Å². The minimum atomic E-state index is -0.589. The molecule has 0 aliphatic carbocycles. The Labute approximate surface area is 538 Å². The molecule has 91 heavy (non-hydrogen) atoms. The lowest BCUT2D eigenvalue weighted by Crippen LogP contribution is -2.32. The van der Waals surface area contributed by atoms with Crippen LogP contribution >= 0.6 is 11.6 Å². The summed E-state index contributed by atoms with van der Waals surface area (Å²) in [6, 6.07) is 54.6. The molecule has 3 N–H and O–H groups in total. The number of benzene rings is 8. The third-order valence-corrected chi connectivity index (χ3v) is 17.7. The lowest BCUT2D eigenvalue weighted by atomic mass is 9.88. The maximum atomic E-state index is 13.6. The molecule has 8 aromatic carbocycles. The predicted molar refractivity (Wildman–Crippen MR) is 359 cm³/mol. The van der Waals surface area contributed by atoms with Crippen molar-refractivity contribution in [1.82, 2.24) is 9.80 Å². The maximum Gasteiger partial charge on any atom is 0.263 e. The monoisotopic (exact) mass is 1250 g/mol. The first-order valence-corrected chi connectivity index (χ1v) is 31.2. The lowest BCUT2D eigenvalue weighted by Gasteiger charge is -2.32. The van der Waals surface area contributed by atoms with Crippen molar-refractivity contribution in [3.8, 4) is 34.5 Å². The SMILES string of the molecule is COc1cccc(OC)c1C(=O)Cl.COc1ccccc1C1CCN(Cc2ccc(C(=O)N3CCc4ccc(N)cc43)cc2)CC1.COc1ccccc1C1CCN(Cc2ccc(C(=O)N3CCc4ccc(NC(=O)c5c(OC)cccc5OC)cc43)cc2)CC1. The highest BCUT2D eigenvalue weighted by molar-refractivity contribution is 6.68. The van der Waals surface area contributed by atoms with Gasteiger partial charge in [0.05, 0.1) is 42.7 Å². The molecule has 0 saturated carbocycles. The minimum absolute atomic E-state index is 0.0449. The Balaban J connectivity index is 0.000000172. The number of hydrogen-bond acceptors (Lipinski definition) is 13. The zero-order valence-electron chi connectivity index (χ0n) is 52.5. The summed E-state index contributed by atoms with van der Waals surface area (Å²) >= 11 is 5.37. The van der Waals surface area contributed by atoms with Gasteiger partial charge in [0.2, 0.25) is 0 Å². The van der Waals surface area contributed by atoms with Crippen molar-refractivity contribution < 1.29 is 47.6 Å². The molecule has 4 aliphatic heterocycles. The van der Waals surface area contributed by atoms with Crippen molar-refractivity contribution in [1.29, 1.82) is 0 Å². The molecule has 17 heteroatoms. The van der Waals surface area contributed by atoms with Crippen LogP contribution in [0, 0.1) is 0 Å². The van der Waals surface area contributed by atoms with Crippen LogP contribution in [0.3, 0.4) is 0 Å². The molecular formula is C74H79ClN6O10. The second kappa shape index (κ2) is 30.4. The fraction of sp³-hybridized carbons (Fsp3) is 0.297. The van der Waals surface area contributed by atoms with Gasteiger partial charge in [-0.3, -0.25) is 29.0 Å². The molecule has 472 valence electrons. The number of halogens is 1. The zero-order valence-corrected chi connectivity index (χ0v) is 53.3. The fourth-order valence-electron chi connectivity index (χ4n) is 12.7. The van der Waals surface area contributed by atoms with Crippen LogP contribution in [0.5, 0.6) is 34.5 Å². The number of nitrogens with one attached hydrogen (secondary N) is 1. The average Bonchev–Trinajstić information content (AvgIpc) is 1.94. The first-order chi connectivity index (χ1) is 44.3. The van der Waals surface area contributed by atoms with Gasteiger partial charge in [0.25, 0.3) is 23.0 Å². The Bertz CT molecular complexity index is 3800. The fourth-order valence-corrected chi connectivity index (χ4v) is 12.9. The van der Waals surface area contributed by atoms with E-state index in [1.54, 1.807) is 55.5 Å². The topological polar surface area (TPSA) is 175 Å². The second-order valence-corrected chi connectivity index (χ2v) is 23.3. The number of hydrogen-bond donors (Lipinski definition) is 2. The summed E-state index contributed by atoms with van der Waals surface area (Å²) in [4.78, 5) is 59.6. The van der Waals surface area contributed by atoms with Crippen LogP contribution < -0.4 is 49.3 Å². The number of fused-ring (bicyclic) bond motifs is 2. The van der Waals surface area contributed by atoms with Crippen LogP contribution in [0.1, 0.15) is 112 Å². The number of ether oxygens (including phenoxy) is 6. The molecule has 0 aromatic heterocycles. The van der Waals surface area contributed by atoms with Crippen LogP contribution in [-0.4, -0.2) is 115 Å². The third kappa shape index (κ3) is 15.3. The van der Waals surface area contributed by atoms with Crippen molar-refractivity contribution in [3.05, 3.63) is 225 Å². The number of carbonyl (C=O) groups excluding carboxylic acids is 4. The number of nitrogens with two attached hydrogens (primary N) is 1. The number of para-hydroxylation sites is 2. The van der Waals surface area contributed by atoms with E-state index in [1.807, 2.05) is 83.8 Å². The van der Waals surface area contributed by atoms with Crippen LogP contribution in [0.2, 0.25) is 0 Å². The van der Waals surface area contributed by atoms with E-state index < -0.39 is 5.24 Å². The number of methoxy groups -OCH3 is 6. The quantitative estimate of drug-likeness (QED) is 0.0651. The molecule has 3 amide bonds. The number of nitrogens with zero attached hydrogens (tertiary/aromatic N) is 4. The Morgan fingerprint density at radius 3 is 1.25 bits per heavy atom. The summed E-state index contributed by atoms with van der Waals surface area (Å²) in [5.41, 5.74) is 18.3. The standard InChI is InChI=1S/C37H39N3O5.C28H31N3O2.C9H9ClO3/c1-43-32-8-5-4-7-30(32)26-17-20-39(21-18-26)24-25-11-13-28(14-12-25)37(42)40-22-19-27-15-16-29(23-31(27)40)38-36(41)35-33(44-2)9-6-10-34(35)45-3;1-33-27-5-3-2-4-25(27)21-12-15-30(16-13-21)19-20-6-8-23(9-7-20)28(32)31-17-14-22-10-11-24(29)18-26(22)31;1-12-6-4-3-5-7(13-2)8(6)9(10)11/h4-16,23,26H,17-22,24H2,1-3H3,(H,38,41);2-11,18,21H,12-17,19,29H2,1H3;3-5H,1-2H3. The molecule has 4 heterocycles. The highest BCUT2D eigenvalue weighted by Gasteiger charge is 2.30. The van der Waals surface area contributed by atoms with E-state index in [-0.39, 0.29) is 23.3 Å². The van der Waals surface area contributed by atoms with Gasteiger partial charge in [0.15, 0.2) is 0 Å². The summed E-state index contributed by atoms with van der Waals surface area (Å²) in [7, 11) is 9.47. The lowest BCUT2D eigenvalue weighted by molar-refractivity contribution is 0.0981. The Hall–Kier alpha value is -9.35. The molecule has 0 atom stereocenters. The summed E-state index contributed by atoms with van der Waals surface area (Å²) in [6.45, 7) is 7.25. The second-order valence-electron chi connectivity index (χ2n) is 22.9. The molecule has 2 saturated heterocycles. The van der Waals surface area contributed by atoms with E-state index >= 15 is 0 Å². The largest absolute Gasteiger partial charge is 0.496 e. The average molecular weight is 1250 g/mol. The number of nitrogen functional groups attached to an aromatic ring is 1. The van der Waals surface area contributed by atoms with Crippen LogP contribution in [-0.2, 0) is 25.9 Å². The highest BCUT2D eigenvalue weighted by atomic mass is 35.5. The first-order valence-electron chi connectivity index (χ1n) is 30.8. The molecule has 2 fully saturated rings. The van der Waals surface area contributed by atoms with Crippen molar-refractivity contribution in [2.75, 3.05) is 103 Å². The smallest absolute Gasteiger partial charge is 0.263 e. The van der Waals surface area contributed by atoms with Crippen molar-refractivity contribution in [2.24, 2.45) is 0 Å². The van der Waals surface area contributed by atoms with E-state index in [9.17, 15) is 19.2 Å². The summed E-state index contributed by atoms with van der Waals surface area (Å²) in [5.74, 6) is 4.37. The van der Waals surface area contributed by atoms with Gasteiger partial charge in [-0.15, -0.1) is 0 Å². The molecular weight excluding hydrogens is 1170 g/mol. The number of likely N-dealkylation sites (tertiary alicyclic amines) is 2. The van der Waals surface area contributed by atoms with E-state index in [4.69, 9.17) is 45.8 Å². The van der Waals surface area contributed by atoms with Gasteiger partial charge in [-0.2, -0.15) is 0 Å². The summed E-state index contributed by atoms with van der Waals surface area (Å²) in [6.07, 6.45) is 6.10. The van der Waals surface area contributed by atoms with Crippen LogP contribution in [0.4, 0.5) is 22.7 Å². The summed E-state index contributed by atoms with van der Waals surface area (Å²) in [5, 5.41) is 2.36. The van der Waals surface area contributed by atoms with E-state index in [2.05, 4.69) is 69.7 Å². The molecule has 8 aromatic rings. The number of carbonyl (C=O) groups is 4. The van der Waals surface area contributed by atoms with Gasteiger partial charge >= 0.3 is 0 Å². The van der Waals surface area contributed by atoms with Gasteiger partial charge in [-0.05, 0) is 206 Å². The summed E-state index contributed by atoms with van der Waals surface area (Å²) < 4.78 is 31.9.